The van der Waals surface area contributed by atoms with Crippen molar-refractivity contribution in [3.05, 3.63) is 161 Å². The Bertz CT molecular complexity index is 2200. The summed E-state index contributed by atoms with van der Waals surface area (Å²) in [4.78, 5) is 46.9. The van der Waals surface area contributed by atoms with Gasteiger partial charge in [0.1, 0.15) is 5.70 Å². The lowest BCUT2D eigenvalue weighted by Gasteiger charge is -2.15. The predicted molar refractivity (Wildman–Crippen MR) is 214 cm³/mol. The highest BCUT2D eigenvalue weighted by atomic mass is 32.2. The second-order valence-electron chi connectivity index (χ2n) is 12.1. The quantitative estimate of drug-likeness (QED) is 0.0863. The zero-order chi connectivity index (χ0) is 36.5. The van der Waals surface area contributed by atoms with Crippen LogP contribution in [-0.4, -0.2) is 28.0 Å². The number of carbonyl (C=O) groups excluding carboxylic acids is 3. The minimum Gasteiger partial charge on any atom is -0.321 e. The van der Waals surface area contributed by atoms with Crippen molar-refractivity contribution in [2.75, 3.05) is 10.6 Å². The van der Waals surface area contributed by atoms with E-state index < -0.39 is 17.1 Å². The third kappa shape index (κ3) is 9.31. The lowest BCUT2D eigenvalue weighted by atomic mass is 10.0. The van der Waals surface area contributed by atoms with Crippen LogP contribution in [-0.2, 0) is 9.59 Å². The molecule has 6 rings (SSSR count). The first-order valence-corrected chi connectivity index (χ1v) is 18.6. The maximum absolute atomic E-state index is 13.8. The van der Waals surface area contributed by atoms with Crippen LogP contribution >= 0.6 is 23.1 Å². The Morgan fingerprint density at radius 1 is 0.750 bits per heavy atom. The molecule has 3 N–H and O–H groups in total. The average Bonchev–Trinajstić information content (AvgIpc) is 3.54. The minimum absolute atomic E-state index is 0.0916. The summed E-state index contributed by atoms with van der Waals surface area (Å²) in [5.74, 6) is -1.02. The average molecular weight is 723 g/mol. The van der Waals surface area contributed by atoms with Gasteiger partial charge in [0, 0.05) is 26.6 Å². The van der Waals surface area contributed by atoms with Gasteiger partial charge in [-0.25, -0.2) is 4.98 Å². The van der Waals surface area contributed by atoms with Crippen molar-refractivity contribution < 1.29 is 14.4 Å². The standard InChI is InChI=1S/C43H38N4O3S2/c1-4-38(42(50)47-43-46-39(29(3)51-43)33-22-18-28(2)19-23-33)52-36-17-11-16-35(27-36)44-41(49)37(45-40(48)34-14-9-6-10-15-34)26-30-20-24-32(25-21-30)31-12-7-5-8-13-31/h5-27,38H,4H2,1-3H3,(H,44,49)(H,45,48)(H,46,47,50)/b37-26+. The first-order valence-electron chi connectivity index (χ1n) is 16.9. The maximum Gasteiger partial charge on any atom is 0.272 e. The van der Waals surface area contributed by atoms with Crippen LogP contribution in [0.4, 0.5) is 10.8 Å². The molecule has 0 aliphatic carbocycles. The summed E-state index contributed by atoms with van der Waals surface area (Å²) < 4.78 is 0. The molecular formula is C43H38N4O3S2. The van der Waals surface area contributed by atoms with Gasteiger partial charge >= 0.3 is 0 Å². The van der Waals surface area contributed by atoms with Gasteiger partial charge in [-0.15, -0.1) is 23.1 Å². The zero-order valence-electron chi connectivity index (χ0n) is 29.1. The molecule has 3 amide bonds. The fourth-order valence-electron chi connectivity index (χ4n) is 5.46. The number of anilines is 2. The number of thioether (sulfide) groups is 1. The van der Waals surface area contributed by atoms with E-state index in [0.29, 0.717) is 22.8 Å². The molecule has 0 aliphatic rings. The molecule has 1 atom stereocenters. The van der Waals surface area contributed by atoms with Gasteiger partial charge in [-0.1, -0.05) is 116 Å². The number of thiazole rings is 1. The first-order chi connectivity index (χ1) is 25.2. The Hall–Kier alpha value is -5.77. The number of carbonyl (C=O) groups is 3. The summed E-state index contributed by atoms with van der Waals surface area (Å²) in [5, 5.41) is 8.93. The maximum atomic E-state index is 13.8. The molecule has 0 aliphatic heterocycles. The molecule has 7 nitrogen and oxygen atoms in total. The van der Waals surface area contributed by atoms with Crippen LogP contribution in [0.15, 0.2) is 144 Å². The smallest absolute Gasteiger partial charge is 0.272 e. The summed E-state index contributed by atoms with van der Waals surface area (Å²) in [6.07, 6.45) is 2.25. The van der Waals surface area contributed by atoms with Gasteiger partial charge in [0.15, 0.2) is 5.13 Å². The zero-order valence-corrected chi connectivity index (χ0v) is 30.7. The molecule has 0 bridgehead atoms. The van der Waals surface area contributed by atoms with Crippen LogP contribution in [0.5, 0.6) is 0 Å². The number of hydrogen-bond donors (Lipinski definition) is 3. The molecule has 0 saturated carbocycles. The van der Waals surface area contributed by atoms with Crippen molar-refractivity contribution in [3.63, 3.8) is 0 Å². The molecule has 1 aromatic heterocycles. The molecule has 260 valence electrons. The molecule has 1 unspecified atom stereocenters. The monoisotopic (exact) mass is 722 g/mol. The number of nitrogens with one attached hydrogen (secondary N) is 3. The Kier molecular flexibility index (Phi) is 11.8. The summed E-state index contributed by atoms with van der Waals surface area (Å²) in [6, 6.07) is 42.1. The molecule has 5 aromatic carbocycles. The van der Waals surface area contributed by atoms with Gasteiger partial charge in [0.2, 0.25) is 5.91 Å². The van der Waals surface area contributed by atoms with Crippen molar-refractivity contribution in [1.82, 2.24) is 10.3 Å². The van der Waals surface area contributed by atoms with E-state index in [1.165, 1.54) is 28.7 Å². The van der Waals surface area contributed by atoms with Crippen molar-refractivity contribution in [2.24, 2.45) is 0 Å². The molecule has 0 spiro atoms. The lowest BCUT2D eigenvalue weighted by Crippen LogP contribution is -2.30. The van der Waals surface area contributed by atoms with Crippen LogP contribution in [0.2, 0.25) is 0 Å². The van der Waals surface area contributed by atoms with Crippen molar-refractivity contribution in [2.45, 2.75) is 37.3 Å². The Balaban J connectivity index is 1.16. The van der Waals surface area contributed by atoms with Gasteiger partial charge in [0.05, 0.1) is 10.9 Å². The second kappa shape index (κ2) is 17.0. The number of aromatic nitrogens is 1. The molecule has 6 aromatic rings. The van der Waals surface area contributed by atoms with E-state index in [-0.39, 0.29) is 11.6 Å². The van der Waals surface area contributed by atoms with Crippen molar-refractivity contribution in [3.8, 4) is 22.4 Å². The van der Waals surface area contributed by atoms with E-state index in [1.54, 1.807) is 36.4 Å². The summed E-state index contributed by atoms with van der Waals surface area (Å²) >= 11 is 2.87. The normalized spacial score (nSPS) is 11.8. The van der Waals surface area contributed by atoms with Gasteiger partial charge in [-0.2, -0.15) is 0 Å². The first kappa shape index (κ1) is 36.0. The van der Waals surface area contributed by atoms with E-state index in [1.807, 2.05) is 112 Å². The number of rotatable bonds is 12. The van der Waals surface area contributed by atoms with Crippen LogP contribution in [0.1, 0.15) is 39.7 Å². The topological polar surface area (TPSA) is 100 Å². The van der Waals surface area contributed by atoms with Gasteiger partial charge in [-0.05, 0) is 73.4 Å². The number of hydrogen-bond acceptors (Lipinski definition) is 6. The summed E-state index contributed by atoms with van der Waals surface area (Å²) in [5.41, 5.74) is 6.98. The van der Waals surface area contributed by atoms with Gasteiger partial charge < -0.3 is 16.0 Å². The van der Waals surface area contributed by atoms with Crippen LogP contribution in [0.3, 0.4) is 0 Å². The Morgan fingerprint density at radius 2 is 1.40 bits per heavy atom. The minimum atomic E-state index is -0.480. The summed E-state index contributed by atoms with van der Waals surface area (Å²) in [6.45, 7) is 6.01. The van der Waals surface area contributed by atoms with E-state index in [9.17, 15) is 14.4 Å². The molecule has 0 fully saturated rings. The highest BCUT2D eigenvalue weighted by molar-refractivity contribution is 8.00. The van der Waals surface area contributed by atoms with Gasteiger partial charge in [-0.3, -0.25) is 14.4 Å². The fraction of sp³-hybridized carbons (Fsp3) is 0.116. The van der Waals surface area contributed by atoms with Crippen LogP contribution < -0.4 is 16.0 Å². The molecule has 0 radical (unpaired) electrons. The summed E-state index contributed by atoms with van der Waals surface area (Å²) in [7, 11) is 0. The molecular weight excluding hydrogens is 685 g/mol. The third-order valence-electron chi connectivity index (χ3n) is 8.24. The molecule has 9 heteroatoms. The van der Waals surface area contributed by atoms with Crippen LogP contribution in [0, 0.1) is 13.8 Å². The largest absolute Gasteiger partial charge is 0.321 e. The number of amides is 3. The SMILES string of the molecule is CCC(Sc1cccc(NC(=O)/C(=C\c2ccc(-c3ccccc3)cc2)NC(=O)c2ccccc2)c1)C(=O)Nc1nc(-c2ccc(C)cc2)c(C)s1. The number of benzene rings is 5. The molecule has 0 saturated heterocycles. The van der Waals surface area contributed by atoms with E-state index in [0.717, 1.165) is 37.7 Å². The Morgan fingerprint density at radius 3 is 2.10 bits per heavy atom. The van der Waals surface area contributed by atoms with E-state index in [2.05, 4.69) is 28.1 Å². The van der Waals surface area contributed by atoms with E-state index in [4.69, 9.17) is 4.98 Å². The second-order valence-corrected chi connectivity index (χ2v) is 14.6. The number of aryl methyl sites for hydroxylation is 2. The highest BCUT2D eigenvalue weighted by Crippen LogP contribution is 2.33. The Labute approximate surface area is 312 Å². The number of nitrogens with zero attached hydrogens (tertiary/aromatic N) is 1. The van der Waals surface area contributed by atoms with E-state index >= 15 is 0 Å². The highest BCUT2D eigenvalue weighted by Gasteiger charge is 2.21. The van der Waals surface area contributed by atoms with Gasteiger partial charge in [0.25, 0.3) is 11.8 Å². The lowest BCUT2D eigenvalue weighted by molar-refractivity contribution is -0.116. The van der Waals surface area contributed by atoms with Crippen molar-refractivity contribution >= 4 is 57.7 Å². The molecule has 1 heterocycles. The third-order valence-corrected chi connectivity index (χ3v) is 10.5. The molecule has 52 heavy (non-hydrogen) atoms. The van der Waals surface area contributed by atoms with Crippen molar-refractivity contribution in [1.29, 1.82) is 0 Å². The predicted octanol–water partition coefficient (Wildman–Crippen LogP) is 10.0. The van der Waals surface area contributed by atoms with Crippen LogP contribution in [0.25, 0.3) is 28.5 Å². The fourth-order valence-corrected chi connectivity index (χ4v) is 7.31.